The predicted octanol–water partition coefficient (Wildman–Crippen LogP) is 4.78. The van der Waals surface area contributed by atoms with Gasteiger partial charge in [-0.2, -0.15) is 0 Å². The van der Waals surface area contributed by atoms with Crippen LogP contribution in [0.4, 0.5) is 9.18 Å². The molecule has 1 atom stereocenters. The van der Waals surface area contributed by atoms with E-state index in [-0.39, 0.29) is 11.9 Å². The number of carbonyl (C=O) groups excluding carboxylic acids is 1. The molecule has 5 heteroatoms. The normalized spacial score (nSPS) is 23.4. The van der Waals surface area contributed by atoms with Crippen LogP contribution in [-0.4, -0.2) is 35.3 Å². The maximum absolute atomic E-state index is 13.5. The van der Waals surface area contributed by atoms with E-state index in [1.54, 1.807) is 11.0 Å². The average molecular weight is 347 g/mol. The van der Waals surface area contributed by atoms with E-state index in [4.69, 9.17) is 9.47 Å². The number of likely N-dealkylation sites (tertiary alicyclic amines) is 1. The minimum Gasteiger partial charge on any atom is -0.482 e. The number of halogens is 1. The van der Waals surface area contributed by atoms with Gasteiger partial charge in [-0.15, -0.1) is 0 Å². The second-order valence-corrected chi connectivity index (χ2v) is 7.96. The van der Waals surface area contributed by atoms with Gasteiger partial charge in [0.2, 0.25) is 0 Å². The summed E-state index contributed by atoms with van der Waals surface area (Å²) >= 11 is 0. The highest BCUT2D eigenvalue weighted by molar-refractivity contribution is 5.72. The van der Waals surface area contributed by atoms with Gasteiger partial charge in [-0.25, -0.2) is 9.18 Å². The van der Waals surface area contributed by atoms with Gasteiger partial charge in [0.1, 0.15) is 22.8 Å². The van der Waals surface area contributed by atoms with Gasteiger partial charge >= 0.3 is 6.09 Å². The van der Waals surface area contributed by atoms with Gasteiger partial charge in [-0.05, 0) is 70.4 Å². The minimum atomic E-state index is -0.498. The van der Waals surface area contributed by atoms with Crippen LogP contribution in [0.25, 0.3) is 5.57 Å². The van der Waals surface area contributed by atoms with Crippen LogP contribution < -0.4 is 4.74 Å². The van der Waals surface area contributed by atoms with Crippen molar-refractivity contribution >= 4 is 11.7 Å². The van der Waals surface area contributed by atoms with E-state index in [2.05, 4.69) is 6.08 Å². The third kappa shape index (κ3) is 3.97. The van der Waals surface area contributed by atoms with Crippen LogP contribution in [0.15, 0.2) is 24.3 Å². The largest absolute Gasteiger partial charge is 0.482 e. The Labute approximate surface area is 148 Å². The summed E-state index contributed by atoms with van der Waals surface area (Å²) in [6.45, 7) is 8.83. The quantitative estimate of drug-likeness (QED) is 0.678. The van der Waals surface area contributed by atoms with Crippen LogP contribution in [0.2, 0.25) is 0 Å². The summed E-state index contributed by atoms with van der Waals surface area (Å²) in [5.74, 6) is 0.454. The van der Waals surface area contributed by atoms with Crippen molar-refractivity contribution in [3.63, 3.8) is 0 Å². The SMILES string of the molecule is CC1=CC2(CCCN(C(=O)OC(C)(C)C)CC2)Oc2ccc(F)cc21. The van der Waals surface area contributed by atoms with Crippen molar-refractivity contribution in [1.29, 1.82) is 0 Å². The fourth-order valence-corrected chi connectivity index (χ4v) is 3.51. The van der Waals surface area contributed by atoms with Crippen LogP contribution in [-0.2, 0) is 4.74 Å². The molecule has 0 radical (unpaired) electrons. The molecule has 4 nitrogen and oxygen atoms in total. The Bertz CT molecular complexity index is 707. The Morgan fingerprint density at radius 3 is 2.76 bits per heavy atom. The number of ether oxygens (including phenoxy) is 2. The Morgan fingerprint density at radius 1 is 1.28 bits per heavy atom. The van der Waals surface area contributed by atoms with E-state index >= 15 is 0 Å². The molecular weight excluding hydrogens is 321 g/mol. The summed E-state index contributed by atoms with van der Waals surface area (Å²) in [6, 6.07) is 4.63. The van der Waals surface area contributed by atoms with Gasteiger partial charge < -0.3 is 14.4 Å². The molecule has 2 aliphatic rings. The molecule has 0 aliphatic carbocycles. The van der Waals surface area contributed by atoms with Crippen molar-refractivity contribution in [3.8, 4) is 5.75 Å². The number of nitrogens with zero attached hydrogens (tertiary/aromatic N) is 1. The van der Waals surface area contributed by atoms with Crippen molar-refractivity contribution in [2.45, 2.75) is 58.2 Å². The van der Waals surface area contributed by atoms with Gasteiger partial charge in [-0.1, -0.05) is 0 Å². The third-order valence-corrected chi connectivity index (χ3v) is 4.64. The van der Waals surface area contributed by atoms with Gasteiger partial charge in [0.05, 0.1) is 0 Å². The number of fused-ring (bicyclic) bond motifs is 1. The van der Waals surface area contributed by atoms with Gasteiger partial charge in [0, 0.05) is 25.1 Å². The Morgan fingerprint density at radius 2 is 2.04 bits per heavy atom. The van der Waals surface area contributed by atoms with Crippen LogP contribution in [0.3, 0.4) is 0 Å². The van der Waals surface area contributed by atoms with Crippen molar-refractivity contribution < 1.29 is 18.7 Å². The summed E-state index contributed by atoms with van der Waals surface area (Å²) in [7, 11) is 0. The maximum Gasteiger partial charge on any atom is 0.410 e. The molecule has 1 spiro atoms. The van der Waals surface area contributed by atoms with Gasteiger partial charge in [0.25, 0.3) is 0 Å². The highest BCUT2D eigenvalue weighted by Crippen LogP contribution is 2.41. The monoisotopic (exact) mass is 347 g/mol. The van der Waals surface area contributed by atoms with Crippen molar-refractivity contribution in [1.82, 2.24) is 4.90 Å². The lowest BCUT2D eigenvalue weighted by molar-refractivity contribution is 0.0243. The molecule has 3 rings (SSSR count). The van der Waals surface area contributed by atoms with Gasteiger partial charge in [-0.3, -0.25) is 0 Å². The second-order valence-electron chi connectivity index (χ2n) is 7.96. The van der Waals surface area contributed by atoms with Crippen molar-refractivity contribution in [2.24, 2.45) is 0 Å². The lowest BCUT2D eigenvalue weighted by atomic mass is 9.87. The van der Waals surface area contributed by atoms with E-state index in [1.807, 2.05) is 27.7 Å². The smallest absolute Gasteiger partial charge is 0.410 e. The number of amides is 1. The van der Waals surface area contributed by atoms with Crippen LogP contribution in [0.1, 0.15) is 52.5 Å². The lowest BCUT2D eigenvalue weighted by Crippen LogP contribution is -2.40. The van der Waals surface area contributed by atoms with E-state index < -0.39 is 11.2 Å². The summed E-state index contributed by atoms with van der Waals surface area (Å²) in [6.07, 6.45) is 4.16. The first-order valence-corrected chi connectivity index (χ1v) is 8.84. The highest BCUT2D eigenvalue weighted by Gasteiger charge is 2.38. The van der Waals surface area contributed by atoms with Crippen molar-refractivity contribution in [3.05, 3.63) is 35.7 Å². The summed E-state index contributed by atoms with van der Waals surface area (Å²) < 4.78 is 25.3. The number of carbonyl (C=O) groups is 1. The van der Waals surface area contributed by atoms with E-state index in [0.717, 1.165) is 24.0 Å². The van der Waals surface area contributed by atoms with Crippen LogP contribution in [0.5, 0.6) is 5.75 Å². The fourth-order valence-electron chi connectivity index (χ4n) is 3.51. The van der Waals surface area contributed by atoms with Crippen LogP contribution in [0, 0.1) is 5.82 Å². The Hall–Kier alpha value is -2.04. The maximum atomic E-state index is 13.5. The number of hydrogen-bond donors (Lipinski definition) is 0. The van der Waals surface area contributed by atoms with E-state index in [9.17, 15) is 9.18 Å². The molecule has 1 amide bonds. The zero-order valence-electron chi connectivity index (χ0n) is 15.4. The molecule has 0 saturated carbocycles. The molecule has 0 N–H and O–H groups in total. The number of allylic oxidation sites excluding steroid dienone is 1. The molecular formula is C20H26FNO3. The first kappa shape index (κ1) is 17.8. The number of hydrogen-bond acceptors (Lipinski definition) is 3. The van der Waals surface area contributed by atoms with Crippen molar-refractivity contribution in [2.75, 3.05) is 13.1 Å². The summed E-state index contributed by atoms with van der Waals surface area (Å²) in [5.41, 5.74) is 0.887. The summed E-state index contributed by atoms with van der Waals surface area (Å²) in [4.78, 5) is 14.1. The first-order chi connectivity index (χ1) is 11.7. The number of benzene rings is 1. The first-order valence-electron chi connectivity index (χ1n) is 8.84. The third-order valence-electron chi connectivity index (χ3n) is 4.64. The zero-order chi connectivity index (χ0) is 18.2. The predicted molar refractivity (Wildman–Crippen MR) is 95.1 cm³/mol. The van der Waals surface area contributed by atoms with Crippen LogP contribution >= 0.6 is 0 Å². The average Bonchev–Trinajstić information content (AvgIpc) is 2.69. The summed E-state index contributed by atoms with van der Waals surface area (Å²) in [5, 5.41) is 0. The number of rotatable bonds is 0. The zero-order valence-corrected chi connectivity index (χ0v) is 15.4. The lowest BCUT2D eigenvalue weighted by Gasteiger charge is -2.36. The molecule has 1 saturated heterocycles. The standard InChI is InChI=1S/C20H26FNO3/c1-14-13-20(24-17-7-6-15(21)12-16(14)17)8-5-10-22(11-9-20)18(23)25-19(2,3)4/h6-7,12-13H,5,8-11H2,1-4H3. The molecule has 2 heterocycles. The van der Waals surface area contributed by atoms with Gasteiger partial charge in [0.15, 0.2) is 0 Å². The second kappa shape index (κ2) is 6.36. The minimum absolute atomic E-state index is 0.261. The topological polar surface area (TPSA) is 38.8 Å². The van der Waals surface area contributed by atoms with E-state index in [1.165, 1.54) is 12.1 Å². The highest BCUT2D eigenvalue weighted by atomic mass is 19.1. The molecule has 1 aromatic carbocycles. The van der Waals surface area contributed by atoms with E-state index in [0.29, 0.717) is 25.3 Å². The molecule has 0 aromatic heterocycles. The molecule has 25 heavy (non-hydrogen) atoms. The fraction of sp³-hybridized carbons (Fsp3) is 0.550. The molecule has 1 unspecified atom stereocenters. The molecule has 0 bridgehead atoms. The molecule has 1 fully saturated rings. The molecule has 1 aromatic rings. The molecule has 136 valence electrons. The Kier molecular flexibility index (Phi) is 4.52. The Balaban J connectivity index is 1.76. The molecule has 2 aliphatic heterocycles.